The second kappa shape index (κ2) is 6.16. The van der Waals surface area contributed by atoms with Crippen LogP contribution in [0.2, 0.25) is 0 Å². The summed E-state index contributed by atoms with van der Waals surface area (Å²) in [4.78, 5) is 10.6. The summed E-state index contributed by atoms with van der Waals surface area (Å²) < 4.78 is 0. The number of rotatable bonds is 3. The third kappa shape index (κ3) is 3.20. The van der Waals surface area contributed by atoms with E-state index in [1.54, 1.807) is 12.1 Å². The lowest BCUT2D eigenvalue weighted by atomic mass is 10.1. The van der Waals surface area contributed by atoms with E-state index in [4.69, 9.17) is 5.26 Å². The fourth-order valence-corrected chi connectivity index (χ4v) is 2.33. The van der Waals surface area contributed by atoms with Crippen molar-refractivity contribution in [3.05, 3.63) is 33.9 Å². The number of hydrogen-bond donors (Lipinski definition) is 2. The van der Waals surface area contributed by atoms with Gasteiger partial charge in [-0.25, -0.2) is 0 Å². The second-order valence-corrected chi connectivity index (χ2v) is 4.59. The minimum atomic E-state index is -0.490. The van der Waals surface area contributed by atoms with Gasteiger partial charge >= 0.3 is 5.69 Å². The van der Waals surface area contributed by atoms with E-state index in [0.29, 0.717) is 5.69 Å². The molecule has 0 radical (unpaired) electrons. The van der Waals surface area contributed by atoms with E-state index in [1.807, 2.05) is 6.07 Å². The molecular formula is C13H16N4O2. The van der Waals surface area contributed by atoms with E-state index in [9.17, 15) is 10.1 Å². The van der Waals surface area contributed by atoms with E-state index >= 15 is 0 Å². The van der Waals surface area contributed by atoms with Crippen LogP contribution in [-0.4, -0.2) is 24.1 Å². The number of nitrogens with one attached hydrogen (secondary N) is 2. The number of nitriles is 1. The third-order valence-corrected chi connectivity index (χ3v) is 3.27. The second-order valence-electron chi connectivity index (χ2n) is 4.59. The van der Waals surface area contributed by atoms with Crippen LogP contribution in [0.15, 0.2) is 18.2 Å². The first-order chi connectivity index (χ1) is 9.22. The molecule has 1 atom stereocenters. The number of nitro groups is 1. The third-order valence-electron chi connectivity index (χ3n) is 3.27. The molecule has 1 aromatic carbocycles. The van der Waals surface area contributed by atoms with Crippen LogP contribution in [0.4, 0.5) is 11.4 Å². The number of anilines is 1. The van der Waals surface area contributed by atoms with Gasteiger partial charge in [-0.1, -0.05) is 6.07 Å². The van der Waals surface area contributed by atoms with Gasteiger partial charge in [0.2, 0.25) is 0 Å². The van der Waals surface area contributed by atoms with Gasteiger partial charge < -0.3 is 10.6 Å². The average molecular weight is 260 g/mol. The monoisotopic (exact) mass is 260 g/mol. The molecule has 2 rings (SSSR count). The van der Waals surface area contributed by atoms with Crippen molar-refractivity contribution >= 4 is 11.4 Å². The first-order valence-electron chi connectivity index (χ1n) is 6.37. The summed E-state index contributed by atoms with van der Waals surface area (Å²) in [5.41, 5.74) is 0.417. The zero-order valence-electron chi connectivity index (χ0n) is 10.6. The molecule has 1 aromatic rings. The molecule has 6 nitrogen and oxygen atoms in total. The Morgan fingerprint density at radius 1 is 1.42 bits per heavy atom. The molecule has 1 aliphatic heterocycles. The van der Waals surface area contributed by atoms with Crippen molar-refractivity contribution in [1.29, 1.82) is 5.26 Å². The maximum atomic E-state index is 11.1. The molecular weight excluding hydrogens is 244 g/mol. The zero-order chi connectivity index (χ0) is 13.7. The Morgan fingerprint density at radius 3 is 3.00 bits per heavy atom. The summed E-state index contributed by atoms with van der Waals surface area (Å²) in [5.74, 6) is 0. The van der Waals surface area contributed by atoms with E-state index < -0.39 is 4.92 Å². The minimum Gasteiger partial charge on any atom is -0.377 e. The Bertz CT molecular complexity index is 502. The highest BCUT2D eigenvalue weighted by Gasteiger charge is 2.22. The van der Waals surface area contributed by atoms with E-state index in [0.717, 1.165) is 32.4 Å². The molecule has 1 unspecified atom stereocenters. The largest absolute Gasteiger partial charge is 0.377 e. The van der Waals surface area contributed by atoms with Crippen LogP contribution in [0.3, 0.4) is 0 Å². The molecule has 1 aliphatic rings. The smallest absolute Gasteiger partial charge is 0.309 e. The molecule has 0 aliphatic carbocycles. The minimum absolute atomic E-state index is 0.0988. The van der Waals surface area contributed by atoms with Crippen LogP contribution >= 0.6 is 0 Å². The summed E-state index contributed by atoms with van der Waals surface area (Å²) in [6, 6.07) is 6.89. The van der Waals surface area contributed by atoms with Gasteiger partial charge in [-0.15, -0.1) is 0 Å². The van der Waals surface area contributed by atoms with Crippen LogP contribution in [-0.2, 0) is 0 Å². The molecule has 0 amide bonds. The van der Waals surface area contributed by atoms with E-state index in [2.05, 4.69) is 10.6 Å². The van der Waals surface area contributed by atoms with Crippen molar-refractivity contribution in [3.63, 3.8) is 0 Å². The molecule has 1 fully saturated rings. The number of nitro benzene ring substituents is 1. The van der Waals surface area contributed by atoms with Crippen molar-refractivity contribution < 1.29 is 4.92 Å². The Morgan fingerprint density at radius 2 is 2.26 bits per heavy atom. The molecule has 1 heterocycles. The Balaban J connectivity index is 2.24. The van der Waals surface area contributed by atoms with Crippen molar-refractivity contribution in [3.8, 4) is 6.07 Å². The lowest BCUT2D eigenvalue weighted by molar-refractivity contribution is -0.384. The summed E-state index contributed by atoms with van der Waals surface area (Å²) in [6.45, 7) is 1.89. The van der Waals surface area contributed by atoms with Crippen molar-refractivity contribution in [1.82, 2.24) is 5.32 Å². The fraction of sp³-hybridized carbons (Fsp3) is 0.462. The molecule has 0 spiro atoms. The van der Waals surface area contributed by atoms with Gasteiger partial charge in [0.1, 0.15) is 17.3 Å². The predicted molar refractivity (Wildman–Crippen MR) is 71.9 cm³/mol. The molecule has 0 saturated carbocycles. The Labute approximate surface area is 111 Å². The van der Waals surface area contributed by atoms with Gasteiger partial charge in [0.15, 0.2) is 0 Å². The van der Waals surface area contributed by atoms with Crippen molar-refractivity contribution in [2.75, 3.05) is 18.4 Å². The normalized spacial score (nSPS) is 19.2. The highest BCUT2D eigenvalue weighted by molar-refractivity contribution is 5.68. The van der Waals surface area contributed by atoms with Crippen LogP contribution in [0.25, 0.3) is 0 Å². The van der Waals surface area contributed by atoms with E-state index in [-0.39, 0.29) is 17.3 Å². The summed E-state index contributed by atoms with van der Waals surface area (Å²) in [7, 11) is 0. The first kappa shape index (κ1) is 13.3. The number of hydrogen-bond acceptors (Lipinski definition) is 5. The van der Waals surface area contributed by atoms with Crippen LogP contribution in [0.5, 0.6) is 0 Å². The van der Waals surface area contributed by atoms with Crippen molar-refractivity contribution in [2.24, 2.45) is 0 Å². The molecule has 19 heavy (non-hydrogen) atoms. The molecule has 1 saturated heterocycles. The average Bonchev–Trinajstić information content (AvgIpc) is 2.66. The number of nitrogens with zero attached hydrogens (tertiary/aromatic N) is 2. The zero-order valence-corrected chi connectivity index (χ0v) is 10.6. The van der Waals surface area contributed by atoms with Gasteiger partial charge in [-0.05, 0) is 44.5 Å². The topological polar surface area (TPSA) is 91.0 Å². The fourth-order valence-electron chi connectivity index (χ4n) is 2.33. The standard InChI is InChI=1S/C13H16N4O2/c14-9-10-3-1-5-12(13(10)17(18)19)16-11-4-2-7-15-8-6-11/h1,3,5,11,15-16H,2,4,6-8H2. The van der Waals surface area contributed by atoms with Crippen LogP contribution in [0, 0.1) is 21.4 Å². The van der Waals surface area contributed by atoms with Gasteiger partial charge in [-0.2, -0.15) is 5.26 Å². The Kier molecular flexibility index (Phi) is 4.31. The molecule has 0 bridgehead atoms. The summed E-state index contributed by atoms with van der Waals surface area (Å²) in [5, 5.41) is 26.6. The quantitative estimate of drug-likeness (QED) is 0.641. The highest BCUT2D eigenvalue weighted by atomic mass is 16.6. The molecule has 6 heteroatoms. The van der Waals surface area contributed by atoms with Gasteiger partial charge in [0, 0.05) is 6.04 Å². The van der Waals surface area contributed by atoms with Gasteiger partial charge in [-0.3, -0.25) is 10.1 Å². The van der Waals surface area contributed by atoms with Gasteiger partial charge in [0.25, 0.3) is 0 Å². The van der Waals surface area contributed by atoms with Crippen molar-refractivity contribution in [2.45, 2.75) is 25.3 Å². The SMILES string of the molecule is N#Cc1cccc(NC2CCCNCC2)c1[N+](=O)[O-]. The van der Waals surface area contributed by atoms with Gasteiger partial charge in [0.05, 0.1) is 4.92 Å². The number of para-hydroxylation sites is 1. The summed E-state index contributed by atoms with van der Waals surface area (Å²) >= 11 is 0. The molecule has 0 aromatic heterocycles. The lowest BCUT2D eigenvalue weighted by Gasteiger charge is -2.17. The maximum Gasteiger partial charge on any atom is 0.309 e. The predicted octanol–water partition coefficient (Wildman–Crippen LogP) is 2.02. The highest BCUT2D eigenvalue weighted by Crippen LogP contribution is 2.29. The first-order valence-corrected chi connectivity index (χ1v) is 6.37. The van der Waals surface area contributed by atoms with E-state index in [1.165, 1.54) is 6.07 Å². The Hall–Kier alpha value is -2.13. The molecule has 2 N–H and O–H groups in total. The van der Waals surface area contributed by atoms with Crippen LogP contribution < -0.4 is 10.6 Å². The van der Waals surface area contributed by atoms with Crippen LogP contribution in [0.1, 0.15) is 24.8 Å². The summed E-state index contributed by atoms with van der Waals surface area (Å²) in [6.07, 6.45) is 2.94. The lowest BCUT2D eigenvalue weighted by Crippen LogP contribution is -2.22. The maximum absolute atomic E-state index is 11.1. The number of benzene rings is 1. The molecule has 100 valence electrons.